The van der Waals surface area contributed by atoms with Crippen LogP contribution >= 0.6 is 11.6 Å². The molecule has 3 rings (SSSR count). The van der Waals surface area contributed by atoms with Gasteiger partial charge in [0.2, 0.25) is 0 Å². The van der Waals surface area contributed by atoms with Gasteiger partial charge in [0.15, 0.2) is 0 Å². The van der Waals surface area contributed by atoms with Crippen LogP contribution in [-0.2, 0) is 0 Å². The first-order valence-electron chi connectivity index (χ1n) is 5.03. The van der Waals surface area contributed by atoms with Crippen molar-refractivity contribution in [2.45, 2.75) is 0 Å². The lowest BCUT2D eigenvalue weighted by molar-refractivity contribution is 1.09. The molecule has 0 saturated carbocycles. The summed E-state index contributed by atoms with van der Waals surface area (Å²) < 4.78 is 2.00. The molecular formula is C13H9ClN2. The molecule has 0 spiro atoms. The minimum atomic E-state index is 0.721. The third-order valence-corrected chi connectivity index (χ3v) is 2.86. The van der Waals surface area contributed by atoms with Gasteiger partial charge in [-0.15, -0.1) is 0 Å². The predicted molar refractivity (Wildman–Crippen MR) is 66.1 cm³/mol. The van der Waals surface area contributed by atoms with E-state index in [-0.39, 0.29) is 0 Å². The Kier molecular flexibility index (Phi) is 2.15. The van der Waals surface area contributed by atoms with Gasteiger partial charge in [0.05, 0.1) is 16.1 Å². The van der Waals surface area contributed by atoms with E-state index in [1.807, 2.05) is 53.1 Å². The molecule has 0 aliphatic rings. The summed E-state index contributed by atoms with van der Waals surface area (Å²) in [5.41, 5.74) is 2.94. The zero-order valence-electron chi connectivity index (χ0n) is 8.47. The second-order valence-electron chi connectivity index (χ2n) is 3.56. The Bertz CT molecular complexity index is 629. The fraction of sp³-hybridized carbons (Fsp3) is 0. The Hall–Kier alpha value is -1.80. The van der Waals surface area contributed by atoms with Crippen LogP contribution in [0.25, 0.3) is 16.7 Å². The molecule has 78 valence electrons. The molecule has 3 aromatic rings. The van der Waals surface area contributed by atoms with Gasteiger partial charge in [-0.05, 0) is 24.3 Å². The summed E-state index contributed by atoms with van der Waals surface area (Å²) in [5.74, 6) is 0. The number of imidazole rings is 1. The molecule has 0 N–H and O–H groups in total. The fourth-order valence-corrected chi connectivity index (χ4v) is 2.07. The second kappa shape index (κ2) is 3.65. The van der Waals surface area contributed by atoms with Crippen molar-refractivity contribution >= 4 is 22.6 Å². The number of benzene rings is 2. The van der Waals surface area contributed by atoms with E-state index in [4.69, 9.17) is 11.6 Å². The average molecular weight is 229 g/mol. The van der Waals surface area contributed by atoms with Gasteiger partial charge in [-0.2, -0.15) is 0 Å². The van der Waals surface area contributed by atoms with Gasteiger partial charge in [-0.3, -0.25) is 4.57 Å². The maximum absolute atomic E-state index is 6.19. The average Bonchev–Trinajstić information content (AvgIpc) is 2.75. The molecule has 1 heterocycles. The van der Waals surface area contributed by atoms with Crippen molar-refractivity contribution in [3.8, 4) is 5.69 Å². The lowest BCUT2D eigenvalue weighted by Gasteiger charge is -2.04. The van der Waals surface area contributed by atoms with Crippen molar-refractivity contribution in [2.75, 3.05) is 0 Å². The van der Waals surface area contributed by atoms with Crippen molar-refractivity contribution in [1.82, 2.24) is 9.55 Å². The van der Waals surface area contributed by atoms with E-state index in [1.165, 1.54) is 0 Å². The molecule has 0 aliphatic carbocycles. The Labute approximate surface area is 98.1 Å². The Balaban J connectivity index is 2.33. The standard InChI is InChI=1S/C13H9ClN2/c14-11-7-4-8-12-13(11)16(9-15-12)10-5-2-1-3-6-10/h1-9H. The molecule has 0 amide bonds. The molecule has 0 fully saturated rings. The van der Waals surface area contributed by atoms with Crippen LogP contribution in [0.4, 0.5) is 0 Å². The maximum atomic E-state index is 6.19. The van der Waals surface area contributed by atoms with Crippen LogP contribution in [0, 0.1) is 0 Å². The van der Waals surface area contributed by atoms with Gasteiger partial charge < -0.3 is 0 Å². The maximum Gasteiger partial charge on any atom is 0.100 e. The van der Waals surface area contributed by atoms with E-state index in [0.29, 0.717) is 0 Å². The van der Waals surface area contributed by atoms with Gasteiger partial charge in [-0.25, -0.2) is 4.98 Å². The van der Waals surface area contributed by atoms with E-state index < -0.39 is 0 Å². The lowest BCUT2D eigenvalue weighted by atomic mass is 10.3. The number of fused-ring (bicyclic) bond motifs is 1. The number of aromatic nitrogens is 2. The molecule has 2 nitrogen and oxygen atoms in total. The number of nitrogens with zero attached hydrogens (tertiary/aromatic N) is 2. The normalized spacial score (nSPS) is 10.8. The van der Waals surface area contributed by atoms with E-state index in [0.717, 1.165) is 21.7 Å². The summed E-state index contributed by atoms with van der Waals surface area (Å²) in [6, 6.07) is 15.8. The summed E-state index contributed by atoms with van der Waals surface area (Å²) in [7, 11) is 0. The zero-order valence-corrected chi connectivity index (χ0v) is 9.22. The largest absolute Gasteiger partial charge is 0.297 e. The number of halogens is 1. The van der Waals surface area contributed by atoms with Crippen LogP contribution in [0.15, 0.2) is 54.9 Å². The Morgan fingerprint density at radius 1 is 0.938 bits per heavy atom. The van der Waals surface area contributed by atoms with E-state index in [2.05, 4.69) is 4.98 Å². The molecular weight excluding hydrogens is 220 g/mol. The molecule has 0 atom stereocenters. The smallest absolute Gasteiger partial charge is 0.100 e. The first-order valence-corrected chi connectivity index (χ1v) is 5.41. The molecule has 0 bridgehead atoms. The van der Waals surface area contributed by atoms with E-state index in [9.17, 15) is 0 Å². The molecule has 0 radical (unpaired) electrons. The number of hydrogen-bond donors (Lipinski definition) is 0. The summed E-state index contributed by atoms with van der Waals surface area (Å²) >= 11 is 6.19. The quantitative estimate of drug-likeness (QED) is 0.621. The van der Waals surface area contributed by atoms with Crippen molar-refractivity contribution in [1.29, 1.82) is 0 Å². The molecule has 1 aromatic heterocycles. The molecule has 0 saturated heterocycles. The SMILES string of the molecule is Clc1cccc2ncn(-c3ccccc3)c12. The van der Waals surface area contributed by atoms with Crippen molar-refractivity contribution in [2.24, 2.45) is 0 Å². The number of para-hydroxylation sites is 2. The fourth-order valence-electron chi connectivity index (χ4n) is 1.81. The van der Waals surface area contributed by atoms with Crippen LogP contribution in [0.3, 0.4) is 0 Å². The van der Waals surface area contributed by atoms with Gasteiger partial charge >= 0.3 is 0 Å². The number of hydrogen-bond acceptors (Lipinski definition) is 1. The van der Waals surface area contributed by atoms with E-state index in [1.54, 1.807) is 6.33 Å². The number of rotatable bonds is 1. The summed E-state index contributed by atoms with van der Waals surface area (Å²) in [6.07, 6.45) is 1.80. The highest BCUT2D eigenvalue weighted by molar-refractivity contribution is 6.35. The minimum Gasteiger partial charge on any atom is -0.297 e. The minimum absolute atomic E-state index is 0.721. The van der Waals surface area contributed by atoms with Crippen molar-refractivity contribution in [3.63, 3.8) is 0 Å². The molecule has 2 aromatic carbocycles. The highest BCUT2D eigenvalue weighted by atomic mass is 35.5. The van der Waals surface area contributed by atoms with Gasteiger partial charge in [-0.1, -0.05) is 35.9 Å². The van der Waals surface area contributed by atoms with Crippen molar-refractivity contribution < 1.29 is 0 Å². The third kappa shape index (κ3) is 1.39. The van der Waals surface area contributed by atoms with Crippen LogP contribution < -0.4 is 0 Å². The summed E-state index contributed by atoms with van der Waals surface area (Å²) in [5, 5.41) is 0.721. The topological polar surface area (TPSA) is 17.8 Å². The predicted octanol–water partition coefficient (Wildman–Crippen LogP) is 3.68. The summed E-state index contributed by atoms with van der Waals surface area (Å²) in [4.78, 5) is 4.33. The Morgan fingerprint density at radius 2 is 1.75 bits per heavy atom. The Morgan fingerprint density at radius 3 is 2.56 bits per heavy atom. The van der Waals surface area contributed by atoms with Crippen LogP contribution in [-0.4, -0.2) is 9.55 Å². The van der Waals surface area contributed by atoms with Crippen molar-refractivity contribution in [3.05, 3.63) is 59.9 Å². The van der Waals surface area contributed by atoms with Gasteiger partial charge in [0, 0.05) is 5.69 Å². The highest BCUT2D eigenvalue weighted by Crippen LogP contribution is 2.25. The van der Waals surface area contributed by atoms with Gasteiger partial charge in [0.1, 0.15) is 6.33 Å². The van der Waals surface area contributed by atoms with Gasteiger partial charge in [0.25, 0.3) is 0 Å². The molecule has 3 heteroatoms. The zero-order chi connectivity index (χ0) is 11.0. The third-order valence-electron chi connectivity index (χ3n) is 2.55. The molecule has 0 aliphatic heterocycles. The van der Waals surface area contributed by atoms with Crippen LogP contribution in [0.1, 0.15) is 0 Å². The highest BCUT2D eigenvalue weighted by Gasteiger charge is 2.06. The van der Waals surface area contributed by atoms with E-state index >= 15 is 0 Å². The molecule has 16 heavy (non-hydrogen) atoms. The van der Waals surface area contributed by atoms with Crippen LogP contribution in [0.5, 0.6) is 0 Å². The first kappa shape index (κ1) is 9.43. The monoisotopic (exact) mass is 228 g/mol. The lowest BCUT2D eigenvalue weighted by Crippen LogP contribution is -1.91. The second-order valence-corrected chi connectivity index (χ2v) is 3.96. The molecule has 0 unspecified atom stereocenters. The first-order chi connectivity index (χ1) is 7.86. The summed E-state index contributed by atoms with van der Waals surface area (Å²) in [6.45, 7) is 0. The van der Waals surface area contributed by atoms with Crippen LogP contribution in [0.2, 0.25) is 5.02 Å².